The first kappa shape index (κ1) is 15.0. The zero-order chi connectivity index (χ0) is 16.1. The van der Waals surface area contributed by atoms with Gasteiger partial charge in [-0.05, 0) is 30.7 Å². The average Bonchev–Trinajstić information content (AvgIpc) is 2.41. The van der Waals surface area contributed by atoms with Crippen molar-refractivity contribution in [3.8, 4) is 0 Å². The third kappa shape index (κ3) is 2.48. The summed E-state index contributed by atoms with van der Waals surface area (Å²) in [6.45, 7) is 1.65. The summed E-state index contributed by atoms with van der Waals surface area (Å²) in [6, 6.07) is 4.74. The van der Waals surface area contributed by atoms with Gasteiger partial charge in [-0.15, -0.1) is 4.40 Å². The highest BCUT2D eigenvalue weighted by Gasteiger charge is 2.37. The zero-order valence-electron chi connectivity index (χ0n) is 11.5. The molecule has 3 rings (SSSR count). The van der Waals surface area contributed by atoms with Crippen LogP contribution in [0.2, 0.25) is 5.02 Å². The molecule has 22 heavy (non-hydrogen) atoms. The minimum Gasteiger partial charge on any atom is -0.286 e. The number of fused-ring (bicyclic) bond motifs is 1. The molecule has 2 aliphatic rings. The number of amides is 1. The number of benzene rings is 1. The number of anilines is 1. The fourth-order valence-electron chi connectivity index (χ4n) is 2.24. The summed E-state index contributed by atoms with van der Waals surface area (Å²) >= 11 is 5.95. The number of hydrogen-bond donors (Lipinski definition) is 0. The number of rotatable bonds is 1. The molecule has 0 N–H and O–H groups in total. The van der Waals surface area contributed by atoms with Crippen LogP contribution in [0, 0.1) is 6.92 Å². The summed E-state index contributed by atoms with van der Waals surface area (Å²) in [7, 11) is -3.73. The molecule has 0 unspecified atom stereocenters. The van der Waals surface area contributed by atoms with E-state index in [9.17, 15) is 17.6 Å². The van der Waals surface area contributed by atoms with Crippen LogP contribution in [0.15, 0.2) is 34.6 Å². The fraction of sp³-hybridized carbons (Fsp3) is 0.231. The molecular weight excluding hydrogens is 333 g/mol. The number of carbonyl (C=O) groups is 1. The van der Waals surface area contributed by atoms with Gasteiger partial charge in [0, 0.05) is 11.6 Å². The van der Waals surface area contributed by atoms with Crippen molar-refractivity contribution in [2.75, 3.05) is 17.2 Å². The molecule has 0 saturated heterocycles. The van der Waals surface area contributed by atoms with Gasteiger partial charge in [0.15, 0.2) is 0 Å². The van der Waals surface area contributed by atoms with Crippen molar-refractivity contribution < 1.29 is 17.6 Å². The van der Waals surface area contributed by atoms with Gasteiger partial charge >= 0.3 is 0 Å². The van der Waals surface area contributed by atoms with Crippen LogP contribution in [0.4, 0.5) is 10.1 Å². The van der Waals surface area contributed by atoms with E-state index in [1.807, 2.05) is 0 Å². The van der Waals surface area contributed by atoms with E-state index in [0.717, 1.165) is 15.9 Å². The molecule has 0 atom stereocenters. The van der Waals surface area contributed by atoms with Gasteiger partial charge in [0.1, 0.15) is 0 Å². The number of carbonyl (C=O) groups excluding carboxylic acids is 1. The number of sulfonamides is 1. The number of nitrogens with zero attached hydrogens (tertiary/aromatic N) is 3. The first-order chi connectivity index (χ1) is 10.3. The lowest BCUT2D eigenvalue weighted by molar-refractivity contribution is -0.113. The lowest BCUT2D eigenvalue weighted by Crippen LogP contribution is -2.53. The lowest BCUT2D eigenvalue weighted by Gasteiger charge is -2.36. The van der Waals surface area contributed by atoms with Gasteiger partial charge in [-0.25, -0.2) is 13.3 Å². The van der Waals surface area contributed by atoms with Gasteiger partial charge in [-0.3, -0.25) is 9.69 Å². The van der Waals surface area contributed by atoms with Crippen LogP contribution in [0.25, 0.3) is 0 Å². The number of aryl methyl sites for hydroxylation is 1. The van der Waals surface area contributed by atoms with Gasteiger partial charge in [0.2, 0.25) is 11.9 Å². The smallest absolute Gasteiger partial charge is 0.262 e. The minimum atomic E-state index is -3.73. The molecule has 0 spiro atoms. The van der Waals surface area contributed by atoms with Crippen molar-refractivity contribution in [1.29, 1.82) is 0 Å². The molecule has 0 aromatic heterocycles. The Bertz CT molecular complexity index is 835. The second kappa shape index (κ2) is 5.06. The minimum absolute atomic E-state index is 0.0974. The van der Waals surface area contributed by atoms with Crippen molar-refractivity contribution in [3.63, 3.8) is 0 Å². The molecule has 0 saturated carbocycles. The molecule has 1 aromatic rings. The number of hydrogen-bond acceptors (Lipinski definition) is 4. The Morgan fingerprint density at radius 2 is 2.09 bits per heavy atom. The Labute approximate surface area is 131 Å². The third-order valence-electron chi connectivity index (χ3n) is 3.36. The lowest BCUT2D eigenvalue weighted by atomic mass is 10.2. The molecule has 1 aromatic carbocycles. The highest BCUT2D eigenvalue weighted by molar-refractivity contribution is 7.90. The van der Waals surface area contributed by atoms with Crippen LogP contribution >= 0.6 is 11.6 Å². The van der Waals surface area contributed by atoms with Gasteiger partial charge < -0.3 is 0 Å². The van der Waals surface area contributed by atoms with E-state index in [1.165, 1.54) is 0 Å². The number of guanidine groups is 1. The standard InChI is InChI=1S/C13H11ClFN3O3S/c1-8-6-9(2-3-10(8)14)18-12(19)7-11(15)17-4-5-22(20,21)16-13(17)18/h2-3,6-7H,4-5H2,1H3. The Kier molecular flexibility index (Phi) is 3.45. The third-order valence-corrected chi connectivity index (χ3v) is 4.92. The summed E-state index contributed by atoms with van der Waals surface area (Å²) in [6.07, 6.45) is 0.806. The van der Waals surface area contributed by atoms with Gasteiger partial charge in [0.25, 0.3) is 15.9 Å². The molecule has 0 radical (unpaired) electrons. The summed E-state index contributed by atoms with van der Waals surface area (Å²) in [5, 5.41) is 0.505. The fourth-order valence-corrected chi connectivity index (χ4v) is 3.29. The van der Waals surface area contributed by atoms with Crippen molar-refractivity contribution in [2.24, 2.45) is 4.40 Å². The van der Waals surface area contributed by atoms with E-state index < -0.39 is 21.9 Å². The molecule has 0 aliphatic carbocycles. The van der Waals surface area contributed by atoms with E-state index in [-0.39, 0.29) is 18.3 Å². The van der Waals surface area contributed by atoms with E-state index in [1.54, 1.807) is 25.1 Å². The van der Waals surface area contributed by atoms with Crippen LogP contribution in [0.3, 0.4) is 0 Å². The maximum Gasteiger partial charge on any atom is 0.262 e. The molecule has 9 heteroatoms. The second-order valence-corrected chi connectivity index (χ2v) is 7.07. The van der Waals surface area contributed by atoms with Crippen LogP contribution in [-0.2, 0) is 14.8 Å². The van der Waals surface area contributed by atoms with Crippen molar-refractivity contribution in [2.45, 2.75) is 6.92 Å². The number of halogens is 2. The van der Waals surface area contributed by atoms with Gasteiger partial charge in [-0.2, -0.15) is 4.39 Å². The predicted octanol–water partition coefficient (Wildman–Crippen LogP) is 1.81. The molecule has 2 aliphatic heterocycles. The zero-order valence-corrected chi connectivity index (χ0v) is 13.0. The maximum atomic E-state index is 13.9. The summed E-state index contributed by atoms with van der Waals surface area (Å²) in [4.78, 5) is 14.3. The van der Waals surface area contributed by atoms with Crippen LogP contribution in [0.1, 0.15) is 5.56 Å². The molecule has 0 bridgehead atoms. The van der Waals surface area contributed by atoms with E-state index in [2.05, 4.69) is 4.40 Å². The van der Waals surface area contributed by atoms with Crippen molar-refractivity contribution >= 4 is 39.2 Å². The average molecular weight is 344 g/mol. The monoisotopic (exact) mass is 343 g/mol. The van der Waals surface area contributed by atoms with Gasteiger partial charge in [-0.1, -0.05) is 11.6 Å². The largest absolute Gasteiger partial charge is 0.286 e. The van der Waals surface area contributed by atoms with Crippen LogP contribution < -0.4 is 4.90 Å². The first-order valence-electron chi connectivity index (χ1n) is 6.36. The Morgan fingerprint density at radius 1 is 1.36 bits per heavy atom. The van der Waals surface area contributed by atoms with Crippen LogP contribution in [-0.4, -0.2) is 37.5 Å². The topological polar surface area (TPSA) is 70.1 Å². The first-order valence-corrected chi connectivity index (χ1v) is 8.35. The maximum absolute atomic E-state index is 13.9. The highest BCUT2D eigenvalue weighted by Crippen LogP contribution is 2.29. The predicted molar refractivity (Wildman–Crippen MR) is 80.8 cm³/mol. The molecular formula is C13H11ClFN3O3S. The Morgan fingerprint density at radius 3 is 2.77 bits per heavy atom. The Balaban J connectivity index is 2.18. The summed E-state index contributed by atoms with van der Waals surface area (Å²) in [5.74, 6) is -2.08. The van der Waals surface area contributed by atoms with Crippen molar-refractivity contribution in [3.05, 3.63) is 40.8 Å². The SMILES string of the molecule is Cc1cc(N2C(=O)C=C(F)N3CCS(=O)(=O)N=C32)ccc1Cl. The van der Waals surface area contributed by atoms with E-state index in [0.29, 0.717) is 16.3 Å². The highest BCUT2D eigenvalue weighted by atomic mass is 35.5. The molecule has 116 valence electrons. The molecule has 2 heterocycles. The summed E-state index contributed by atoms with van der Waals surface area (Å²) in [5.41, 5.74) is 1.07. The normalized spacial score (nSPS) is 20.4. The van der Waals surface area contributed by atoms with E-state index >= 15 is 0 Å². The molecule has 0 fully saturated rings. The molecule has 1 amide bonds. The quantitative estimate of drug-likeness (QED) is 0.729. The molecule has 6 nitrogen and oxygen atoms in total. The Hall–Kier alpha value is -1.93. The van der Waals surface area contributed by atoms with Gasteiger partial charge in [0.05, 0.1) is 17.5 Å². The van der Waals surface area contributed by atoms with Crippen molar-refractivity contribution in [1.82, 2.24) is 4.90 Å². The van der Waals surface area contributed by atoms with Crippen LogP contribution in [0.5, 0.6) is 0 Å². The van der Waals surface area contributed by atoms with E-state index in [4.69, 9.17) is 11.6 Å². The second-order valence-electron chi connectivity index (χ2n) is 4.90. The summed E-state index contributed by atoms with van der Waals surface area (Å²) < 4.78 is 40.9.